The van der Waals surface area contributed by atoms with Crippen molar-refractivity contribution in [1.82, 2.24) is 4.90 Å². The molecule has 1 N–H and O–H groups in total. The maximum atomic E-state index is 12.9. The third kappa shape index (κ3) is 4.23. The molecule has 0 radical (unpaired) electrons. The van der Waals surface area contributed by atoms with E-state index in [-0.39, 0.29) is 11.5 Å². The zero-order valence-corrected chi connectivity index (χ0v) is 16.5. The number of anilines is 1. The van der Waals surface area contributed by atoms with Crippen LogP contribution in [0.3, 0.4) is 0 Å². The molecule has 0 unspecified atom stereocenters. The van der Waals surface area contributed by atoms with Crippen LogP contribution in [0.2, 0.25) is 0 Å². The largest absolute Gasteiger partial charge is 0.416 e. The number of rotatable bonds is 3. The number of thiophene rings is 1. The number of alkyl halides is 3. The first-order chi connectivity index (χ1) is 14.3. The van der Waals surface area contributed by atoms with Gasteiger partial charge in [0.1, 0.15) is 0 Å². The van der Waals surface area contributed by atoms with Crippen molar-refractivity contribution in [3.63, 3.8) is 0 Å². The summed E-state index contributed by atoms with van der Waals surface area (Å²) in [6, 6.07) is 13.3. The molecule has 2 aromatic carbocycles. The van der Waals surface area contributed by atoms with E-state index in [4.69, 9.17) is 0 Å². The molecule has 0 bridgehead atoms. The summed E-state index contributed by atoms with van der Waals surface area (Å²) in [6.45, 7) is 1.03. The summed E-state index contributed by atoms with van der Waals surface area (Å²) < 4.78 is 38.7. The quantitative estimate of drug-likeness (QED) is 0.620. The fourth-order valence-electron chi connectivity index (χ4n) is 3.40. The Labute approximate surface area is 174 Å². The monoisotopic (exact) mass is 430 g/mol. The van der Waals surface area contributed by atoms with Crippen LogP contribution in [0.1, 0.15) is 36.7 Å². The van der Waals surface area contributed by atoms with Crippen LogP contribution in [0.15, 0.2) is 60.0 Å². The molecule has 2 heterocycles. The highest BCUT2D eigenvalue weighted by Crippen LogP contribution is 2.30. The van der Waals surface area contributed by atoms with Crippen LogP contribution in [0.5, 0.6) is 0 Å². The van der Waals surface area contributed by atoms with Crippen molar-refractivity contribution in [2.45, 2.75) is 19.1 Å². The maximum Gasteiger partial charge on any atom is 0.416 e. The van der Waals surface area contributed by atoms with Crippen LogP contribution in [-0.2, 0) is 19.1 Å². The zero-order chi connectivity index (χ0) is 21.3. The molecule has 4 rings (SSSR count). The first-order valence-corrected chi connectivity index (χ1v) is 10.1. The zero-order valence-electron chi connectivity index (χ0n) is 15.7. The summed E-state index contributed by atoms with van der Waals surface area (Å²) in [5, 5.41) is 4.50. The van der Waals surface area contributed by atoms with Crippen molar-refractivity contribution in [3.05, 3.63) is 87.1 Å². The Balaban J connectivity index is 1.50. The predicted molar refractivity (Wildman–Crippen MR) is 109 cm³/mol. The molecule has 0 atom stereocenters. The minimum atomic E-state index is -4.51. The molecule has 0 saturated carbocycles. The molecule has 1 aromatic heterocycles. The minimum Gasteiger partial charge on any atom is -0.333 e. The van der Waals surface area contributed by atoms with Crippen molar-refractivity contribution >= 4 is 28.8 Å². The number of nitrogens with one attached hydrogen (secondary N) is 1. The van der Waals surface area contributed by atoms with Gasteiger partial charge in [-0.05, 0) is 59.3 Å². The Morgan fingerprint density at radius 2 is 1.83 bits per heavy atom. The highest BCUT2D eigenvalue weighted by atomic mass is 32.1. The number of benzene rings is 2. The Hall–Kier alpha value is -3.13. The average molecular weight is 430 g/mol. The molecule has 0 spiro atoms. The second-order valence-electron chi connectivity index (χ2n) is 6.97. The van der Waals surface area contributed by atoms with Crippen molar-refractivity contribution in [3.8, 4) is 0 Å². The highest BCUT2D eigenvalue weighted by molar-refractivity contribution is 7.12. The lowest BCUT2D eigenvalue weighted by Crippen LogP contribution is -2.35. The third-order valence-corrected chi connectivity index (χ3v) is 5.81. The molecule has 154 valence electrons. The molecule has 0 fully saturated rings. The highest BCUT2D eigenvalue weighted by Gasteiger charge is 2.31. The Morgan fingerprint density at radius 1 is 1.00 bits per heavy atom. The van der Waals surface area contributed by atoms with Crippen molar-refractivity contribution in [1.29, 1.82) is 0 Å². The van der Waals surface area contributed by atoms with Gasteiger partial charge in [-0.2, -0.15) is 13.2 Å². The molecule has 0 saturated heterocycles. The molecule has 1 aliphatic rings. The Bertz CT molecular complexity index is 1090. The molecule has 2 amide bonds. The number of nitrogens with zero attached hydrogens (tertiary/aromatic N) is 1. The molecular weight excluding hydrogens is 413 g/mol. The summed E-state index contributed by atoms with van der Waals surface area (Å²) in [5.41, 5.74) is 1.53. The van der Waals surface area contributed by atoms with Gasteiger partial charge in [0.05, 0.1) is 10.4 Å². The van der Waals surface area contributed by atoms with Crippen molar-refractivity contribution in [2.75, 3.05) is 11.9 Å². The molecule has 30 heavy (non-hydrogen) atoms. The lowest BCUT2D eigenvalue weighted by atomic mass is 9.98. The van der Waals surface area contributed by atoms with E-state index >= 15 is 0 Å². The molecule has 8 heteroatoms. The lowest BCUT2D eigenvalue weighted by Gasteiger charge is -2.29. The summed E-state index contributed by atoms with van der Waals surface area (Å²) in [7, 11) is 0. The van der Waals surface area contributed by atoms with Crippen LogP contribution < -0.4 is 5.32 Å². The van der Waals surface area contributed by atoms with E-state index in [9.17, 15) is 22.8 Å². The molecule has 1 aliphatic heterocycles. The number of hydrogen-bond donors (Lipinski definition) is 1. The summed E-state index contributed by atoms with van der Waals surface area (Å²) in [5.74, 6) is -0.655. The van der Waals surface area contributed by atoms with Gasteiger partial charge in [0.25, 0.3) is 11.8 Å². The van der Waals surface area contributed by atoms with Gasteiger partial charge in [-0.1, -0.05) is 18.2 Å². The van der Waals surface area contributed by atoms with E-state index in [1.165, 1.54) is 23.5 Å². The minimum absolute atomic E-state index is 0.0333. The topological polar surface area (TPSA) is 49.4 Å². The lowest BCUT2D eigenvalue weighted by molar-refractivity contribution is -0.137. The first kappa shape index (κ1) is 20.2. The van der Waals surface area contributed by atoms with Gasteiger partial charge in [-0.15, -0.1) is 11.3 Å². The Kier molecular flexibility index (Phi) is 5.34. The second-order valence-corrected chi connectivity index (χ2v) is 7.92. The van der Waals surface area contributed by atoms with Crippen LogP contribution >= 0.6 is 11.3 Å². The number of hydrogen-bond acceptors (Lipinski definition) is 3. The number of halogens is 3. The summed E-state index contributed by atoms with van der Waals surface area (Å²) in [6.07, 6.45) is -3.81. The van der Waals surface area contributed by atoms with Gasteiger partial charge in [0.15, 0.2) is 0 Å². The predicted octanol–water partition coefficient (Wildman–Crippen LogP) is 5.22. The third-order valence-electron chi connectivity index (χ3n) is 4.95. The van der Waals surface area contributed by atoms with Crippen LogP contribution in [-0.4, -0.2) is 23.3 Å². The second kappa shape index (κ2) is 7.95. The summed E-state index contributed by atoms with van der Waals surface area (Å²) in [4.78, 5) is 27.5. The first-order valence-electron chi connectivity index (χ1n) is 9.24. The van der Waals surface area contributed by atoms with Crippen LogP contribution in [0, 0.1) is 0 Å². The smallest absolute Gasteiger partial charge is 0.333 e. The maximum absolute atomic E-state index is 12.9. The number of amides is 2. The number of carbonyl (C=O) groups excluding carboxylic acids is 2. The fraction of sp³-hybridized carbons (Fsp3) is 0.182. The van der Waals surface area contributed by atoms with Gasteiger partial charge in [0.2, 0.25) is 0 Å². The standard InChI is InChI=1S/C22H17F3N2O2S/c23-22(24,25)17-4-1-3-15(11-17)20(28)26-18-7-6-14-8-9-27(13-16(14)12-18)21(29)19-5-2-10-30-19/h1-7,10-12H,8-9,13H2,(H,26,28). The van der Waals surface area contributed by atoms with Gasteiger partial charge < -0.3 is 10.2 Å². The number of carbonyl (C=O) groups is 2. The van der Waals surface area contributed by atoms with Crippen LogP contribution in [0.25, 0.3) is 0 Å². The van der Waals surface area contributed by atoms with E-state index in [0.717, 1.165) is 23.3 Å². The van der Waals surface area contributed by atoms with Crippen molar-refractivity contribution < 1.29 is 22.8 Å². The molecule has 0 aliphatic carbocycles. The number of fused-ring (bicyclic) bond motifs is 1. The average Bonchev–Trinajstić information content (AvgIpc) is 3.27. The SMILES string of the molecule is O=C(Nc1ccc2c(c1)CN(C(=O)c1cccs1)CC2)c1cccc(C(F)(F)F)c1. The van der Waals surface area contributed by atoms with Gasteiger partial charge >= 0.3 is 6.18 Å². The van der Waals surface area contributed by atoms with Crippen molar-refractivity contribution in [2.24, 2.45) is 0 Å². The molecule has 3 aromatic rings. The van der Waals surface area contributed by atoms with Gasteiger partial charge in [0, 0.05) is 24.3 Å². The van der Waals surface area contributed by atoms with Gasteiger partial charge in [-0.25, -0.2) is 0 Å². The van der Waals surface area contributed by atoms with E-state index < -0.39 is 17.6 Å². The van der Waals surface area contributed by atoms with E-state index in [0.29, 0.717) is 30.1 Å². The molecular formula is C22H17F3N2O2S. The summed E-state index contributed by atoms with van der Waals surface area (Å²) >= 11 is 1.39. The van der Waals surface area contributed by atoms with E-state index in [2.05, 4.69) is 5.32 Å². The Morgan fingerprint density at radius 3 is 2.57 bits per heavy atom. The van der Waals surface area contributed by atoms with Crippen LogP contribution in [0.4, 0.5) is 18.9 Å². The van der Waals surface area contributed by atoms with Gasteiger partial charge in [-0.3, -0.25) is 9.59 Å². The molecule has 4 nitrogen and oxygen atoms in total. The van der Waals surface area contributed by atoms with E-state index in [1.807, 2.05) is 17.5 Å². The van der Waals surface area contributed by atoms with E-state index in [1.54, 1.807) is 23.1 Å². The fourth-order valence-corrected chi connectivity index (χ4v) is 4.10. The normalized spacial score (nSPS) is 13.6.